The zero-order valence-corrected chi connectivity index (χ0v) is 27.0. The summed E-state index contributed by atoms with van der Waals surface area (Å²) in [5.74, 6) is 0. The molecule has 226 valence electrons. The van der Waals surface area contributed by atoms with E-state index >= 15 is 0 Å². The summed E-state index contributed by atoms with van der Waals surface area (Å²) < 4.78 is 2.37. The molecular weight excluding hydrogens is 579 g/mol. The molecule has 48 heavy (non-hydrogen) atoms. The molecule has 0 saturated carbocycles. The summed E-state index contributed by atoms with van der Waals surface area (Å²) in [5.41, 5.74) is 14.1. The monoisotopic (exact) mass is 611 g/mol. The van der Waals surface area contributed by atoms with Crippen LogP contribution in [0.25, 0.3) is 82.4 Å². The third kappa shape index (κ3) is 3.91. The first kappa shape index (κ1) is 27.2. The molecule has 0 spiro atoms. The van der Waals surface area contributed by atoms with E-state index < -0.39 is 0 Å². The summed E-state index contributed by atoms with van der Waals surface area (Å²) in [5, 5.41) is 7.78. The number of para-hydroxylation sites is 2. The number of benzene rings is 8. The van der Waals surface area contributed by atoms with Gasteiger partial charge in [-0.2, -0.15) is 0 Å². The molecular formula is C47H33N. The minimum Gasteiger partial charge on any atom is -0.309 e. The van der Waals surface area contributed by atoms with Gasteiger partial charge in [-0.05, 0) is 109 Å². The van der Waals surface area contributed by atoms with Crippen LogP contribution < -0.4 is 0 Å². The third-order valence-corrected chi connectivity index (χ3v) is 10.8. The molecule has 0 amide bonds. The predicted molar refractivity (Wildman–Crippen MR) is 204 cm³/mol. The van der Waals surface area contributed by atoms with Gasteiger partial charge in [-0.15, -0.1) is 0 Å². The van der Waals surface area contributed by atoms with Gasteiger partial charge in [0, 0.05) is 21.9 Å². The van der Waals surface area contributed by atoms with Crippen LogP contribution in [0.2, 0.25) is 0 Å². The van der Waals surface area contributed by atoms with Crippen molar-refractivity contribution in [1.29, 1.82) is 0 Å². The minimum atomic E-state index is -0.0165. The van der Waals surface area contributed by atoms with Gasteiger partial charge in [0.15, 0.2) is 0 Å². The topological polar surface area (TPSA) is 4.93 Å². The van der Waals surface area contributed by atoms with Crippen LogP contribution in [0.4, 0.5) is 0 Å². The average Bonchev–Trinajstić information content (AvgIpc) is 3.59. The highest BCUT2D eigenvalue weighted by molar-refractivity contribution is 6.11. The van der Waals surface area contributed by atoms with Crippen LogP contribution in [-0.4, -0.2) is 4.57 Å². The van der Waals surface area contributed by atoms with Crippen molar-refractivity contribution in [2.75, 3.05) is 0 Å². The minimum absolute atomic E-state index is 0.0165. The van der Waals surface area contributed by atoms with Crippen molar-refractivity contribution in [2.45, 2.75) is 19.3 Å². The van der Waals surface area contributed by atoms with E-state index in [1.54, 1.807) is 0 Å². The normalized spacial score (nSPS) is 13.4. The standard InChI is InChI=1S/C47H33N/c1-47(2)43-12-6-3-9-37(43)42-28-35-22-20-33-19-21-34(27-40(33)41(35)29-44(42)47)32-17-15-30(16-18-32)31-23-25-36(26-24-31)48-45-13-7-4-10-38(45)39-11-5-8-14-46(39)48/h3-29H,1-2H3. The lowest BCUT2D eigenvalue weighted by molar-refractivity contribution is 0.661. The van der Waals surface area contributed by atoms with Crippen LogP contribution >= 0.6 is 0 Å². The molecule has 0 N–H and O–H groups in total. The molecule has 1 aromatic heterocycles. The largest absolute Gasteiger partial charge is 0.309 e. The van der Waals surface area contributed by atoms with Gasteiger partial charge in [0.05, 0.1) is 11.0 Å². The maximum atomic E-state index is 2.46. The van der Waals surface area contributed by atoms with Crippen LogP contribution in [0.5, 0.6) is 0 Å². The van der Waals surface area contributed by atoms with Crippen LogP contribution in [0.1, 0.15) is 25.0 Å². The zero-order valence-electron chi connectivity index (χ0n) is 27.0. The van der Waals surface area contributed by atoms with E-state index in [1.165, 1.54) is 93.5 Å². The lowest BCUT2D eigenvalue weighted by atomic mass is 9.81. The molecule has 0 aliphatic heterocycles. The Morgan fingerprint density at radius 3 is 1.60 bits per heavy atom. The summed E-state index contributed by atoms with van der Waals surface area (Å²) in [6.07, 6.45) is 0. The Labute approximate surface area is 280 Å². The number of rotatable bonds is 3. The van der Waals surface area contributed by atoms with Crippen molar-refractivity contribution in [1.82, 2.24) is 4.57 Å². The molecule has 10 rings (SSSR count). The second-order valence-corrected chi connectivity index (χ2v) is 13.8. The Morgan fingerprint density at radius 2 is 0.896 bits per heavy atom. The molecule has 0 radical (unpaired) electrons. The first-order valence-electron chi connectivity index (χ1n) is 16.8. The van der Waals surface area contributed by atoms with E-state index in [0.717, 1.165) is 0 Å². The molecule has 9 aromatic rings. The molecule has 1 heteroatoms. The van der Waals surface area contributed by atoms with Gasteiger partial charge in [-0.1, -0.05) is 135 Å². The quantitative estimate of drug-likeness (QED) is 0.175. The van der Waals surface area contributed by atoms with Gasteiger partial charge in [-0.25, -0.2) is 0 Å². The Morgan fingerprint density at radius 1 is 0.375 bits per heavy atom. The highest BCUT2D eigenvalue weighted by Crippen LogP contribution is 2.50. The first-order chi connectivity index (χ1) is 23.5. The Bertz CT molecular complexity index is 2670. The summed E-state index contributed by atoms with van der Waals surface area (Å²) in [6, 6.07) is 60.6. The Balaban J connectivity index is 1.00. The van der Waals surface area contributed by atoms with E-state index in [-0.39, 0.29) is 5.41 Å². The van der Waals surface area contributed by atoms with E-state index in [9.17, 15) is 0 Å². The van der Waals surface area contributed by atoms with Gasteiger partial charge in [0.2, 0.25) is 0 Å². The summed E-state index contributed by atoms with van der Waals surface area (Å²) in [6.45, 7) is 4.72. The third-order valence-electron chi connectivity index (χ3n) is 10.8. The second-order valence-electron chi connectivity index (χ2n) is 13.8. The predicted octanol–water partition coefficient (Wildman–Crippen LogP) is 12.7. The molecule has 0 fully saturated rings. The van der Waals surface area contributed by atoms with Crippen molar-refractivity contribution in [3.05, 3.63) is 175 Å². The van der Waals surface area contributed by atoms with Crippen molar-refractivity contribution in [3.63, 3.8) is 0 Å². The molecule has 0 bridgehead atoms. The maximum absolute atomic E-state index is 2.46. The Kier molecular flexibility index (Phi) is 5.69. The maximum Gasteiger partial charge on any atom is 0.0541 e. The summed E-state index contributed by atoms with van der Waals surface area (Å²) in [4.78, 5) is 0. The fourth-order valence-corrected chi connectivity index (χ4v) is 8.29. The zero-order chi connectivity index (χ0) is 32.0. The lowest BCUT2D eigenvalue weighted by Crippen LogP contribution is -2.14. The van der Waals surface area contributed by atoms with E-state index in [2.05, 4.69) is 182 Å². The molecule has 0 saturated heterocycles. The van der Waals surface area contributed by atoms with Crippen LogP contribution in [0.3, 0.4) is 0 Å². The molecule has 0 unspecified atom stereocenters. The van der Waals surface area contributed by atoms with Gasteiger partial charge in [0.1, 0.15) is 0 Å². The molecule has 1 aliphatic rings. The van der Waals surface area contributed by atoms with Crippen LogP contribution in [0.15, 0.2) is 164 Å². The van der Waals surface area contributed by atoms with E-state index in [1.807, 2.05) is 0 Å². The van der Waals surface area contributed by atoms with Gasteiger partial charge in [-0.3, -0.25) is 0 Å². The highest BCUT2D eigenvalue weighted by Gasteiger charge is 2.35. The van der Waals surface area contributed by atoms with Gasteiger partial charge in [0.25, 0.3) is 0 Å². The lowest BCUT2D eigenvalue weighted by Gasteiger charge is -2.22. The molecule has 1 nitrogen and oxygen atoms in total. The first-order valence-corrected chi connectivity index (χ1v) is 16.8. The highest BCUT2D eigenvalue weighted by atomic mass is 15.0. The number of aromatic nitrogens is 1. The SMILES string of the molecule is CC1(C)c2ccccc2-c2cc3ccc4ccc(-c5ccc(-c6ccc(-n7c8ccccc8c8ccccc87)cc6)cc5)cc4c3cc21. The molecule has 8 aromatic carbocycles. The van der Waals surface area contributed by atoms with Crippen molar-refractivity contribution < 1.29 is 0 Å². The smallest absolute Gasteiger partial charge is 0.0541 e. The van der Waals surface area contributed by atoms with Crippen molar-refractivity contribution >= 4 is 43.4 Å². The fraction of sp³-hybridized carbons (Fsp3) is 0.0638. The van der Waals surface area contributed by atoms with E-state index in [0.29, 0.717) is 0 Å². The number of nitrogens with zero attached hydrogens (tertiary/aromatic N) is 1. The Hall–Kier alpha value is -5.92. The molecule has 1 heterocycles. The van der Waals surface area contributed by atoms with Crippen LogP contribution in [-0.2, 0) is 5.41 Å². The number of hydrogen-bond donors (Lipinski definition) is 0. The van der Waals surface area contributed by atoms with Gasteiger partial charge < -0.3 is 4.57 Å². The van der Waals surface area contributed by atoms with E-state index in [4.69, 9.17) is 0 Å². The fourth-order valence-electron chi connectivity index (χ4n) is 8.29. The summed E-state index contributed by atoms with van der Waals surface area (Å²) >= 11 is 0. The van der Waals surface area contributed by atoms with Crippen molar-refractivity contribution in [2.24, 2.45) is 0 Å². The van der Waals surface area contributed by atoms with Crippen molar-refractivity contribution in [3.8, 4) is 39.1 Å². The van der Waals surface area contributed by atoms with Gasteiger partial charge >= 0.3 is 0 Å². The number of hydrogen-bond acceptors (Lipinski definition) is 0. The molecule has 0 atom stereocenters. The second kappa shape index (κ2) is 10.0. The summed E-state index contributed by atoms with van der Waals surface area (Å²) in [7, 11) is 0. The number of fused-ring (bicyclic) bond motifs is 9. The van der Waals surface area contributed by atoms with Crippen LogP contribution in [0, 0.1) is 0 Å². The molecule has 1 aliphatic carbocycles. The average molecular weight is 612 g/mol.